The summed E-state index contributed by atoms with van der Waals surface area (Å²) in [6.45, 7) is 11.5. The Hall–Kier alpha value is -1.51. The molecule has 1 atom stereocenters. The highest BCUT2D eigenvalue weighted by Crippen LogP contribution is 2.22. The van der Waals surface area contributed by atoms with Gasteiger partial charge in [-0.2, -0.15) is 0 Å². The van der Waals surface area contributed by atoms with E-state index in [2.05, 4.69) is 41.6 Å². The van der Waals surface area contributed by atoms with Crippen LogP contribution in [0.4, 0.5) is 0 Å². The van der Waals surface area contributed by atoms with Crippen LogP contribution in [0.2, 0.25) is 0 Å². The number of nitrogens with one attached hydrogen (secondary N) is 2. The van der Waals surface area contributed by atoms with Crippen molar-refractivity contribution in [3.8, 4) is 5.75 Å². The van der Waals surface area contributed by atoms with Crippen molar-refractivity contribution in [3.63, 3.8) is 0 Å². The molecule has 1 aromatic rings. The summed E-state index contributed by atoms with van der Waals surface area (Å²) < 4.78 is 5.91. The molecule has 0 aromatic heterocycles. The fraction of sp³-hybridized carbons (Fsp3) is 0.600. The minimum Gasteiger partial charge on any atom is -0.491 e. The zero-order valence-electron chi connectivity index (χ0n) is 16.9. The number of para-hydroxylation sites is 1. The van der Waals surface area contributed by atoms with Crippen LogP contribution in [-0.2, 0) is 4.79 Å². The maximum absolute atomic E-state index is 11.8. The van der Waals surface area contributed by atoms with Crippen molar-refractivity contribution >= 4 is 35.8 Å². The summed E-state index contributed by atoms with van der Waals surface area (Å²) >= 11 is 0. The van der Waals surface area contributed by atoms with E-state index >= 15 is 0 Å². The number of halogens is 1. The molecule has 1 aliphatic rings. The van der Waals surface area contributed by atoms with Crippen molar-refractivity contribution < 1.29 is 9.53 Å². The van der Waals surface area contributed by atoms with Gasteiger partial charge in [-0.25, -0.2) is 4.99 Å². The topological polar surface area (TPSA) is 66.0 Å². The number of hydrogen-bond acceptors (Lipinski definition) is 3. The van der Waals surface area contributed by atoms with Gasteiger partial charge in [0, 0.05) is 32.1 Å². The number of carbonyl (C=O) groups excluding carboxylic acids is 1. The molecule has 2 rings (SSSR count). The predicted molar refractivity (Wildman–Crippen MR) is 121 cm³/mol. The van der Waals surface area contributed by atoms with Crippen LogP contribution in [0.5, 0.6) is 5.75 Å². The fourth-order valence-corrected chi connectivity index (χ4v) is 3.17. The van der Waals surface area contributed by atoms with Gasteiger partial charge in [-0.1, -0.05) is 25.1 Å². The monoisotopic (exact) mass is 488 g/mol. The first-order valence-electron chi connectivity index (χ1n) is 9.56. The van der Waals surface area contributed by atoms with Crippen molar-refractivity contribution in [3.05, 3.63) is 29.3 Å². The number of hydrogen-bond donors (Lipinski definition) is 2. The van der Waals surface area contributed by atoms with Gasteiger partial charge in [0.1, 0.15) is 12.4 Å². The molecule has 6 nitrogen and oxygen atoms in total. The van der Waals surface area contributed by atoms with Crippen LogP contribution in [0.25, 0.3) is 0 Å². The van der Waals surface area contributed by atoms with Gasteiger partial charge in [-0.3, -0.25) is 4.79 Å². The van der Waals surface area contributed by atoms with Gasteiger partial charge < -0.3 is 20.3 Å². The van der Waals surface area contributed by atoms with Crippen molar-refractivity contribution in [1.82, 2.24) is 15.5 Å². The summed E-state index contributed by atoms with van der Waals surface area (Å²) in [5, 5.41) is 6.71. The number of likely N-dealkylation sites (tertiary alicyclic amines) is 1. The molecule has 1 aromatic carbocycles. The second-order valence-electron chi connectivity index (χ2n) is 6.65. The quantitative estimate of drug-likeness (QED) is 0.268. The molecule has 27 heavy (non-hydrogen) atoms. The van der Waals surface area contributed by atoms with E-state index in [9.17, 15) is 4.79 Å². The molecule has 0 saturated carbocycles. The summed E-state index contributed by atoms with van der Waals surface area (Å²) in [5.41, 5.74) is 2.29. The highest BCUT2D eigenvalue weighted by atomic mass is 127. The molecule has 1 unspecified atom stereocenters. The van der Waals surface area contributed by atoms with E-state index in [1.807, 2.05) is 24.8 Å². The van der Waals surface area contributed by atoms with Gasteiger partial charge >= 0.3 is 0 Å². The minimum atomic E-state index is 0. The lowest BCUT2D eigenvalue weighted by molar-refractivity contribution is -0.129. The molecule has 1 aliphatic heterocycles. The first-order valence-corrected chi connectivity index (χ1v) is 9.56. The van der Waals surface area contributed by atoms with Crippen LogP contribution >= 0.6 is 24.0 Å². The van der Waals surface area contributed by atoms with E-state index in [0.717, 1.165) is 48.9 Å². The van der Waals surface area contributed by atoms with E-state index in [0.29, 0.717) is 19.6 Å². The Morgan fingerprint density at radius 1 is 1.30 bits per heavy atom. The maximum atomic E-state index is 11.8. The van der Waals surface area contributed by atoms with Crippen molar-refractivity contribution in [2.45, 2.75) is 46.6 Å². The Morgan fingerprint density at radius 2 is 2.00 bits per heavy atom. The minimum absolute atomic E-state index is 0. The second-order valence-corrected chi connectivity index (χ2v) is 6.65. The summed E-state index contributed by atoms with van der Waals surface area (Å²) in [4.78, 5) is 18.3. The normalized spacial score (nSPS) is 16.7. The summed E-state index contributed by atoms with van der Waals surface area (Å²) in [6.07, 6.45) is 1.52. The average molecular weight is 488 g/mol. The van der Waals surface area contributed by atoms with Gasteiger partial charge in [0.05, 0.1) is 6.54 Å². The van der Waals surface area contributed by atoms with Crippen LogP contribution in [-0.4, -0.2) is 55.6 Å². The van der Waals surface area contributed by atoms with Crippen molar-refractivity contribution in [2.24, 2.45) is 4.99 Å². The molecular weight excluding hydrogens is 455 g/mol. The number of guanidine groups is 1. The summed E-state index contributed by atoms with van der Waals surface area (Å²) in [5.74, 6) is 1.96. The number of nitrogens with zero attached hydrogens (tertiary/aromatic N) is 2. The van der Waals surface area contributed by atoms with Crippen molar-refractivity contribution in [2.75, 3.05) is 32.8 Å². The molecule has 0 bridgehead atoms. The molecular formula is C20H33IN4O2. The number of ether oxygens (including phenoxy) is 1. The van der Waals surface area contributed by atoms with Gasteiger partial charge in [-0.05, 0) is 38.3 Å². The highest BCUT2D eigenvalue weighted by Gasteiger charge is 2.25. The molecule has 7 heteroatoms. The lowest BCUT2D eigenvalue weighted by Gasteiger charge is -2.18. The van der Waals surface area contributed by atoms with E-state index in [1.54, 1.807) is 0 Å². The van der Waals surface area contributed by atoms with E-state index < -0.39 is 0 Å². The number of rotatable bonds is 7. The highest BCUT2D eigenvalue weighted by molar-refractivity contribution is 14.0. The zero-order chi connectivity index (χ0) is 18.9. The van der Waals surface area contributed by atoms with E-state index in [4.69, 9.17) is 4.74 Å². The molecule has 0 aliphatic carbocycles. The van der Waals surface area contributed by atoms with Crippen LogP contribution in [0, 0.1) is 13.8 Å². The molecule has 1 fully saturated rings. The molecule has 1 heterocycles. The third-order valence-corrected chi connectivity index (χ3v) is 4.54. The molecule has 0 spiro atoms. The largest absolute Gasteiger partial charge is 0.491 e. The van der Waals surface area contributed by atoms with Crippen LogP contribution in [0.1, 0.15) is 37.8 Å². The average Bonchev–Trinajstić information content (AvgIpc) is 3.08. The Morgan fingerprint density at radius 3 is 2.63 bits per heavy atom. The van der Waals surface area contributed by atoms with Crippen LogP contribution < -0.4 is 15.4 Å². The standard InChI is InChI=1S/C20H32N4O2.HI/c1-5-18(25)24-12-10-17(14-24)23-20(21-6-2)22-11-13-26-19-15(3)8-7-9-16(19)4;/h7-9,17H,5-6,10-14H2,1-4H3,(H2,21,22,23);1H. The van der Waals surface area contributed by atoms with E-state index in [-0.39, 0.29) is 35.9 Å². The van der Waals surface area contributed by atoms with Gasteiger partial charge in [-0.15, -0.1) is 24.0 Å². The molecule has 1 saturated heterocycles. The number of amides is 1. The first kappa shape index (κ1) is 23.5. The number of benzene rings is 1. The van der Waals surface area contributed by atoms with Crippen molar-refractivity contribution in [1.29, 1.82) is 0 Å². The van der Waals surface area contributed by atoms with Gasteiger partial charge in [0.2, 0.25) is 5.91 Å². The molecule has 0 radical (unpaired) electrons. The van der Waals surface area contributed by atoms with E-state index in [1.165, 1.54) is 0 Å². The molecule has 1 amide bonds. The van der Waals surface area contributed by atoms with Crippen LogP contribution in [0.3, 0.4) is 0 Å². The third-order valence-electron chi connectivity index (χ3n) is 4.54. The predicted octanol–water partition coefficient (Wildman–Crippen LogP) is 2.87. The lowest BCUT2D eigenvalue weighted by atomic mass is 10.1. The lowest BCUT2D eigenvalue weighted by Crippen LogP contribution is -2.45. The first-order chi connectivity index (χ1) is 12.5. The number of aliphatic imine (C=N–C) groups is 1. The molecule has 152 valence electrons. The SMILES string of the molecule is CCNC(=NCCOc1c(C)cccc1C)NC1CCN(C(=O)CC)C1.I. The number of aryl methyl sites for hydroxylation is 2. The maximum Gasteiger partial charge on any atom is 0.222 e. The Labute approximate surface area is 180 Å². The Balaban J connectivity index is 0.00000364. The Kier molecular flexibility index (Phi) is 10.5. The van der Waals surface area contributed by atoms with Gasteiger partial charge in [0.25, 0.3) is 0 Å². The zero-order valence-corrected chi connectivity index (χ0v) is 19.2. The second kappa shape index (κ2) is 12.0. The number of carbonyl (C=O) groups is 1. The Bertz CT molecular complexity index is 616. The smallest absolute Gasteiger partial charge is 0.222 e. The third kappa shape index (κ3) is 7.20. The van der Waals surface area contributed by atoms with Crippen LogP contribution in [0.15, 0.2) is 23.2 Å². The fourth-order valence-electron chi connectivity index (χ4n) is 3.17. The molecule has 2 N–H and O–H groups in total. The van der Waals surface area contributed by atoms with Gasteiger partial charge in [0.15, 0.2) is 5.96 Å². The summed E-state index contributed by atoms with van der Waals surface area (Å²) in [7, 11) is 0. The summed E-state index contributed by atoms with van der Waals surface area (Å²) in [6, 6.07) is 6.40.